The van der Waals surface area contributed by atoms with E-state index in [1.165, 1.54) is 22.6 Å². The SMILES string of the molecule is Cc1oncc1C(=O)Nc1ccc2c(c1)N(S(=O)(=O)c1ccc(F)cc1)CCC2. The van der Waals surface area contributed by atoms with Crippen LogP contribution in [-0.2, 0) is 16.4 Å². The number of carbonyl (C=O) groups excluding carboxylic acids is 1. The molecule has 2 heterocycles. The maximum Gasteiger partial charge on any atom is 0.264 e. The number of aryl methyl sites for hydroxylation is 2. The van der Waals surface area contributed by atoms with Gasteiger partial charge in [0.05, 0.1) is 16.8 Å². The number of benzene rings is 2. The van der Waals surface area contributed by atoms with Crippen molar-refractivity contribution in [3.63, 3.8) is 0 Å². The van der Waals surface area contributed by atoms with Crippen LogP contribution in [0.1, 0.15) is 28.1 Å². The summed E-state index contributed by atoms with van der Waals surface area (Å²) in [5, 5.41) is 6.33. The third kappa shape index (κ3) is 3.61. The fraction of sp³-hybridized carbons (Fsp3) is 0.200. The van der Waals surface area contributed by atoms with Crippen LogP contribution in [0.2, 0.25) is 0 Å². The molecule has 3 aromatic rings. The molecule has 7 nitrogen and oxygen atoms in total. The smallest absolute Gasteiger partial charge is 0.264 e. The Labute approximate surface area is 167 Å². The van der Waals surface area contributed by atoms with Gasteiger partial charge in [0, 0.05) is 12.2 Å². The third-order valence-electron chi connectivity index (χ3n) is 4.82. The van der Waals surface area contributed by atoms with E-state index >= 15 is 0 Å². The third-order valence-corrected chi connectivity index (χ3v) is 6.64. The Balaban J connectivity index is 1.68. The highest BCUT2D eigenvalue weighted by Gasteiger charge is 2.29. The number of carbonyl (C=O) groups is 1. The summed E-state index contributed by atoms with van der Waals surface area (Å²) >= 11 is 0. The number of nitrogens with one attached hydrogen (secondary N) is 1. The maximum atomic E-state index is 13.2. The van der Waals surface area contributed by atoms with Crippen molar-refractivity contribution in [2.45, 2.75) is 24.7 Å². The zero-order valence-electron chi connectivity index (χ0n) is 15.6. The lowest BCUT2D eigenvalue weighted by Crippen LogP contribution is -2.35. The minimum Gasteiger partial charge on any atom is -0.361 e. The molecule has 1 aliphatic rings. The topological polar surface area (TPSA) is 92.5 Å². The van der Waals surface area contributed by atoms with Gasteiger partial charge in [0.15, 0.2) is 0 Å². The Morgan fingerprint density at radius 2 is 1.97 bits per heavy atom. The Hall–Kier alpha value is -3.20. The molecule has 0 atom stereocenters. The Bertz CT molecular complexity index is 1170. The lowest BCUT2D eigenvalue weighted by molar-refractivity contribution is 0.102. The molecule has 1 aromatic heterocycles. The molecule has 0 radical (unpaired) electrons. The fourth-order valence-corrected chi connectivity index (χ4v) is 4.85. The van der Waals surface area contributed by atoms with Crippen LogP contribution in [0.4, 0.5) is 15.8 Å². The van der Waals surface area contributed by atoms with Crippen molar-refractivity contribution in [2.75, 3.05) is 16.2 Å². The van der Waals surface area contributed by atoms with E-state index in [4.69, 9.17) is 4.52 Å². The molecule has 2 aromatic carbocycles. The van der Waals surface area contributed by atoms with Gasteiger partial charge >= 0.3 is 0 Å². The minimum absolute atomic E-state index is 0.0151. The normalized spacial score (nSPS) is 13.8. The molecule has 0 unspecified atom stereocenters. The van der Waals surface area contributed by atoms with Crippen LogP contribution in [0.3, 0.4) is 0 Å². The molecular formula is C20H18FN3O4S. The van der Waals surface area contributed by atoms with Crippen molar-refractivity contribution < 1.29 is 22.1 Å². The second-order valence-corrected chi connectivity index (χ2v) is 8.59. The van der Waals surface area contributed by atoms with E-state index in [9.17, 15) is 17.6 Å². The monoisotopic (exact) mass is 415 g/mol. The molecular weight excluding hydrogens is 397 g/mol. The average Bonchev–Trinajstić information content (AvgIpc) is 3.14. The van der Waals surface area contributed by atoms with Gasteiger partial charge in [-0.3, -0.25) is 9.10 Å². The van der Waals surface area contributed by atoms with Gasteiger partial charge in [-0.15, -0.1) is 0 Å². The minimum atomic E-state index is -3.86. The van der Waals surface area contributed by atoms with Crippen LogP contribution in [0.15, 0.2) is 58.1 Å². The van der Waals surface area contributed by atoms with Gasteiger partial charge in [0.1, 0.15) is 17.1 Å². The molecule has 1 aliphatic heterocycles. The van der Waals surface area contributed by atoms with Crippen LogP contribution in [0, 0.1) is 12.7 Å². The largest absolute Gasteiger partial charge is 0.361 e. The number of hydrogen-bond acceptors (Lipinski definition) is 5. The lowest BCUT2D eigenvalue weighted by atomic mass is 10.0. The van der Waals surface area contributed by atoms with Crippen molar-refractivity contribution in [1.29, 1.82) is 0 Å². The first-order valence-corrected chi connectivity index (χ1v) is 10.4. The summed E-state index contributed by atoms with van der Waals surface area (Å²) in [6.07, 6.45) is 2.72. The molecule has 1 N–H and O–H groups in total. The maximum absolute atomic E-state index is 13.2. The van der Waals surface area contributed by atoms with Gasteiger partial charge in [-0.2, -0.15) is 0 Å². The van der Waals surface area contributed by atoms with Gasteiger partial charge in [0.25, 0.3) is 15.9 Å². The van der Waals surface area contributed by atoms with E-state index in [-0.39, 0.29) is 4.90 Å². The van der Waals surface area contributed by atoms with Crippen LogP contribution in [0.25, 0.3) is 0 Å². The van der Waals surface area contributed by atoms with E-state index in [0.29, 0.717) is 35.7 Å². The molecule has 1 amide bonds. The molecule has 9 heteroatoms. The second-order valence-electron chi connectivity index (χ2n) is 6.73. The summed E-state index contributed by atoms with van der Waals surface area (Å²) in [5.41, 5.74) is 2.12. The van der Waals surface area contributed by atoms with E-state index in [1.807, 2.05) is 0 Å². The first kappa shape index (κ1) is 19.1. The average molecular weight is 415 g/mol. The number of fused-ring (bicyclic) bond motifs is 1. The number of sulfonamides is 1. The summed E-state index contributed by atoms with van der Waals surface area (Å²) in [4.78, 5) is 12.4. The number of amides is 1. The fourth-order valence-electron chi connectivity index (χ4n) is 3.32. The predicted octanol–water partition coefficient (Wildman–Crippen LogP) is 3.52. The summed E-state index contributed by atoms with van der Waals surface area (Å²) in [6.45, 7) is 1.93. The molecule has 0 saturated heterocycles. The lowest BCUT2D eigenvalue weighted by Gasteiger charge is -2.31. The van der Waals surface area contributed by atoms with E-state index in [2.05, 4.69) is 10.5 Å². The highest BCUT2D eigenvalue weighted by Crippen LogP contribution is 2.34. The molecule has 0 saturated carbocycles. The first-order chi connectivity index (χ1) is 13.9. The zero-order chi connectivity index (χ0) is 20.6. The molecule has 0 spiro atoms. The standard InChI is InChI=1S/C20H18FN3O4S/c1-13-18(12-22-28-13)20(25)23-16-7-4-14-3-2-10-24(19(14)11-16)29(26,27)17-8-5-15(21)6-9-17/h4-9,11-12H,2-3,10H2,1H3,(H,23,25). The highest BCUT2D eigenvalue weighted by atomic mass is 32.2. The van der Waals surface area contributed by atoms with Gasteiger partial charge in [-0.05, 0) is 61.7 Å². The van der Waals surface area contributed by atoms with Crippen molar-refractivity contribution >= 4 is 27.3 Å². The molecule has 0 bridgehead atoms. The molecule has 29 heavy (non-hydrogen) atoms. The van der Waals surface area contributed by atoms with Crippen LogP contribution < -0.4 is 9.62 Å². The number of hydrogen-bond donors (Lipinski definition) is 1. The molecule has 0 aliphatic carbocycles. The van der Waals surface area contributed by atoms with Gasteiger partial charge in [-0.1, -0.05) is 11.2 Å². The van der Waals surface area contributed by atoms with Gasteiger partial charge in [-0.25, -0.2) is 12.8 Å². The van der Waals surface area contributed by atoms with E-state index in [1.54, 1.807) is 25.1 Å². The van der Waals surface area contributed by atoms with E-state index < -0.39 is 21.7 Å². The molecule has 4 rings (SSSR count). The van der Waals surface area contributed by atoms with Crippen LogP contribution in [0.5, 0.6) is 0 Å². The van der Waals surface area contributed by atoms with Crippen molar-refractivity contribution in [3.05, 3.63) is 71.4 Å². The summed E-state index contributed by atoms with van der Waals surface area (Å²) in [6, 6.07) is 9.91. The summed E-state index contributed by atoms with van der Waals surface area (Å²) in [7, 11) is -3.86. The van der Waals surface area contributed by atoms with Crippen LogP contribution in [-0.4, -0.2) is 26.0 Å². The second kappa shape index (κ2) is 7.32. The number of rotatable bonds is 4. The Morgan fingerprint density at radius 1 is 1.21 bits per heavy atom. The number of aromatic nitrogens is 1. The number of halogens is 1. The van der Waals surface area contributed by atoms with Gasteiger partial charge in [0.2, 0.25) is 0 Å². The summed E-state index contributed by atoms with van der Waals surface area (Å²) < 4.78 is 45.7. The highest BCUT2D eigenvalue weighted by molar-refractivity contribution is 7.92. The Morgan fingerprint density at radius 3 is 2.66 bits per heavy atom. The number of anilines is 2. The Kier molecular flexibility index (Phi) is 4.83. The zero-order valence-corrected chi connectivity index (χ0v) is 16.4. The predicted molar refractivity (Wildman–Crippen MR) is 105 cm³/mol. The quantitative estimate of drug-likeness (QED) is 0.704. The summed E-state index contributed by atoms with van der Waals surface area (Å²) in [5.74, 6) is -0.509. The molecule has 150 valence electrons. The van der Waals surface area contributed by atoms with Crippen molar-refractivity contribution in [2.24, 2.45) is 0 Å². The van der Waals surface area contributed by atoms with Crippen molar-refractivity contribution in [1.82, 2.24) is 5.16 Å². The van der Waals surface area contributed by atoms with Gasteiger partial charge < -0.3 is 9.84 Å². The molecule has 0 fully saturated rings. The van der Waals surface area contributed by atoms with Crippen molar-refractivity contribution in [3.8, 4) is 0 Å². The van der Waals surface area contributed by atoms with E-state index in [0.717, 1.165) is 24.1 Å². The number of nitrogens with zero attached hydrogens (tertiary/aromatic N) is 2. The van der Waals surface area contributed by atoms with Crippen LogP contribution >= 0.6 is 0 Å². The first-order valence-electron chi connectivity index (χ1n) is 9.00.